The van der Waals surface area contributed by atoms with Crippen molar-refractivity contribution in [2.24, 2.45) is 5.73 Å². The summed E-state index contributed by atoms with van der Waals surface area (Å²) in [5.41, 5.74) is 9.79. The molecule has 1 atom stereocenters. The van der Waals surface area contributed by atoms with Gasteiger partial charge in [-0.25, -0.2) is 0 Å². The van der Waals surface area contributed by atoms with Crippen LogP contribution in [0.1, 0.15) is 24.1 Å². The molecule has 2 aromatic rings. The molecule has 0 aliphatic rings. The molecule has 0 spiro atoms. The lowest BCUT2D eigenvalue weighted by molar-refractivity contribution is 0.641. The Labute approximate surface area is 129 Å². The van der Waals surface area contributed by atoms with E-state index in [-0.39, 0.29) is 6.04 Å². The highest BCUT2D eigenvalue weighted by atomic mass is 79.9. The van der Waals surface area contributed by atoms with Crippen molar-refractivity contribution in [2.45, 2.75) is 19.9 Å². The number of anilines is 1. The van der Waals surface area contributed by atoms with Crippen molar-refractivity contribution < 1.29 is 0 Å². The lowest BCUT2D eigenvalue weighted by Gasteiger charge is -2.33. The van der Waals surface area contributed by atoms with Gasteiger partial charge in [0, 0.05) is 23.2 Å². The maximum Gasteiger partial charge on any atom is 0.0675 e. The van der Waals surface area contributed by atoms with E-state index in [1.807, 2.05) is 6.07 Å². The zero-order valence-electron chi connectivity index (χ0n) is 12.0. The van der Waals surface area contributed by atoms with E-state index in [1.165, 1.54) is 16.8 Å². The van der Waals surface area contributed by atoms with Crippen LogP contribution in [-0.4, -0.2) is 13.1 Å². The summed E-state index contributed by atoms with van der Waals surface area (Å²) in [6.45, 7) is 5.80. The van der Waals surface area contributed by atoms with Gasteiger partial charge in [0.15, 0.2) is 0 Å². The predicted octanol–water partition coefficient (Wildman–Crippen LogP) is 4.28. The van der Waals surface area contributed by atoms with Crippen LogP contribution in [0.15, 0.2) is 53.0 Å². The third-order valence-electron chi connectivity index (χ3n) is 3.54. The molecule has 0 amide bonds. The Morgan fingerprint density at radius 3 is 2.50 bits per heavy atom. The average Bonchev–Trinajstić information content (AvgIpc) is 2.45. The van der Waals surface area contributed by atoms with Gasteiger partial charge in [0.25, 0.3) is 0 Å². The van der Waals surface area contributed by atoms with Crippen LogP contribution in [0.25, 0.3) is 0 Å². The molecule has 0 saturated heterocycles. The predicted molar refractivity (Wildman–Crippen MR) is 90.1 cm³/mol. The molecule has 2 aromatic carbocycles. The van der Waals surface area contributed by atoms with Crippen molar-refractivity contribution >= 4 is 21.6 Å². The minimum absolute atomic E-state index is 0.178. The number of likely N-dealkylation sites (N-methyl/N-ethyl adjacent to an activating group) is 1. The van der Waals surface area contributed by atoms with E-state index < -0.39 is 0 Å². The molecule has 0 bridgehead atoms. The van der Waals surface area contributed by atoms with E-state index in [1.54, 1.807) is 0 Å². The lowest BCUT2D eigenvalue weighted by Crippen LogP contribution is -2.34. The summed E-state index contributed by atoms with van der Waals surface area (Å²) in [6, 6.07) is 17.1. The van der Waals surface area contributed by atoms with Gasteiger partial charge in [0.05, 0.1) is 6.04 Å². The highest BCUT2D eigenvalue weighted by Gasteiger charge is 2.20. The fraction of sp³-hybridized carbons (Fsp3) is 0.294. The summed E-state index contributed by atoms with van der Waals surface area (Å²) in [4.78, 5) is 2.35. The largest absolute Gasteiger partial charge is 0.363 e. The van der Waals surface area contributed by atoms with E-state index in [9.17, 15) is 0 Å². The van der Waals surface area contributed by atoms with Crippen LogP contribution in [0.2, 0.25) is 0 Å². The fourth-order valence-corrected chi connectivity index (χ4v) is 3.11. The molecule has 106 valence electrons. The summed E-state index contributed by atoms with van der Waals surface area (Å²) in [6.07, 6.45) is 0. The zero-order valence-corrected chi connectivity index (χ0v) is 13.6. The van der Waals surface area contributed by atoms with Gasteiger partial charge in [-0.2, -0.15) is 0 Å². The second-order valence-corrected chi connectivity index (χ2v) is 5.75. The van der Waals surface area contributed by atoms with Crippen molar-refractivity contribution in [3.8, 4) is 0 Å². The van der Waals surface area contributed by atoms with Crippen LogP contribution in [0.4, 0.5) is 5.69 Å². The molecule has 0 aliphatic heterocycles. The van der Waals surface area contributed by atoms with E-state index in [0.29, 0.717) is 6.54 Å². The molecule has 3 heteroatoms. The van der Waals surface area contributed by atoms with Crippen molar-refractivity contribution in [3.63, 3.8) is 0 Å². The van der Waals surface area contributed by atoms with Crippen molar-refractivity contribution in [2.75, 3.05) is 18.0 Å². The van der Waals surface area contributed by atoms with Crippen molar-refractivity contribution in [3.05, 3.63) is 64.1 Å². The van der Waals surface area contributed by atoms with Crippen LogP contribution < -0.4 is 10.6 Å². The van der Waals surface area contributed by atoms with Gasteiger partial charge in [-0.15, -0.1) is 0 Å². The normalized spacial score (nSPS) is 12.2. The summed E-state index contributed by atoms with van der Waals surface area (Å²) in [5.74, 6) is 0. The Kier molecular flexibility index (Phi) is 5.21. The first-order valence-electron chi connectivity index (χ1n) is 6.95. The van der Waals surface area contributed by atoms with Crippen LogP contribution in [0.3, 0.4) is 0 Å². The molecule has 2 nitrogen and oxygen atoms in total. The first-order valence-corrected chi connectivity index (χ1v) is 7.74. The lowest BCUT2D eigenvalue weighted by atomic mass is 10.0. The number of hydrogen-bond donors (Lipinski definition) is 1. The van der Waals surface area contributed by atoms with E-state index >= 15 is 0 Å². The molecule has 20 heavy (non-hydrogen) atoms. The van der Waals surface area contributed by atoms with Crippen LogP contribution in [0, 0.1) is 6.92 Å². The number of halogens is 1. The second kappa shape index (κ2) is 6.91. The van der Waals surface area contributed by atoms with E-state index in [0.717, 1.165) is 11.0 Å². The van der Waals surface area contributed by atoms with Gasteiger partial charge in [-0.05, 0) is 43.2 Å². The molecule has 0 fully saturated rings. The number of rotatable bonds is 5. The topological polar surface area (TPSA) is 29.3 Å². The summed E-state index contributed by atoms with van der Waals surface area (Å²) in [5, 5.41) is 0. The Morgan fingerprint density at radius 2 is 1.90 bits per heavy atom. The number of benzene rings is 2. The molecule has 0 radical (unpaired) electrons. The van der Waals surface area contributed by atoms with Crippen molar-refractivity contribution in [1.29, 1.82) is 0 Å². The summed E-state index contributed by atoms with van der Waals surface area (Å²) in [7, 11) is 0. The second-order valence-electron chi connectivity index (χ2n) is 4.90. The summed E-state index contributed by atoms with van der Waals surface area (Å²) < 4.78 is 1.11. The molecule has 1 unspecified atom stereocenters. The smallest absolute Gasteiger partial charge is 0.0675 e. The third-order valence-corrected chi connectivity index (χ3v) is 4.26. The van der Waals surface area contributed by atoms with Gasteiger partial charge in [0.1, 0.15) is 0 Å². The Hall–Kier alpha value is -1.32. The monoisotopic (exact) mass is 332 g/mol. The van der Waals surface area contributed by atoms with Gasteiger partial charge in [0.2, 0.25) is 0 Å². The SMILES string of the molecule is CCN(c1cccc(C)c1)C(CN)c1ccccc1Br. The molecule has 0 aliphatic carbocycles. The highest BCUT2D eigenvalue weighted by molar-refractivity contribution is 9.10. The molecule has 0 saturated carbocycles. The minimum atomic E-state index is 0.178. The van der Waals surface area contributed by atoms with Gasteiger partial charge < -0.3 is 10.6 Å². The van der Waals surface area contributed by atoms with Gasteiger partial charge in [-0.3, -0.25) is 0 Å². The Bertz CT molecular complexity index is 568. The van der Waals surface area contributed by atoms with Gasteiger partial charge >= 0.3 is 0 Å². The molecule has 0 aromatic heterocycles. The number of aryl methyl sites for hydroxylation is 1. The van der Waals surface area contributed by atoms with E-state index in [4.69, 9.17) is 5.73 Å². The number of nitrogens with zero attached hydrogens (tertiary/aromatic N) is 1. The Morgan fingerprint density at radius 1 is 1.15 bits per heavy atom. The maximum atomic E-state index is 6.06. The van der Waals surface area contributed by atoms with Gasteiger partial charge in [-0.1, -0.05) is 46.3 Å². The van der Waals surface area contributed by atoms with Crippen molar-refractivity contribution in [1.82, 2.24) is 0 Å². The van der Waals surface area contributed by atoms with Crippen LogP contribution >= 0.6 is 15.9 Å². The maximum absolute atomic E-state index is 6.06. The molecule has 2 N–H and O–H groups in total. The minimum Gasteiger partial charge on any atom is -0.363 e. The quantitative estimate of drug-likeness (QED) is 0.885. The number of nitrogens with two attached hydrogens (primary N) is 1. The molecular weight excluding hydrogens is 312 g/mol. The molecular formula is C17H21BrN2. The summed E-state index contributed by atoms with van der Waals surface area (Å²) >= 11 is 3.64. The highest BCUT2D eigenvalue weighted by Crippen LogP contribution is 2.31. The first-order chi connectivity index (χ1) is 9.67. The first kappa shape index (κ1) is 15.1. The van der Waals surface area contributed by atoms with Crippen LogP contribution in [-0.2, 0) is 0 Å². The molecule has 2 rings (SSSR count). The van der Waals surface area contributed by atoms with Crippen LogP contribution in [0.5, 0.6) is 0 Å². The standard InChI is InChI=1S/C17H21BrN2/c1-3-20(14-8-6-7-13(2)11-14)17(12-19)15-9-4-5-10-16(15)18/h4-11,17H,3,12,19H2,1-2H3. The number of hydrogen-bond acceptors (Lipinski definition) is 2. The average molecular weight is 333 g/mol. The fourth-order valence-electron chi connectivity index (χ4n) is 2.56. The Balaban J connectivity index is 2.40. The molecule has 0 heterocycles. The zero-order chi connectivity index (χ0) is 14.5. The van der Waals surface area contributed by atoms with E-state index in [2.05, 4.69) is 77.1 Å². The third kappa shape index (κ3) is 3.22.